The number of carbonyl (C=O) groups is 2. The molecule has 0 atom stereocenters. The Morgan fingerprint density at radius 2 is 1.50 bits per heavy atom. The zero-order valence-electron chi connectivity index (χ0n) is 16.8. The molecule has 0 amide bonds. The number of benzene rings is 2. The van der Waals surface area contributed by atoms with Gasteiger partial charge in [0.25, 0.3) is 0 Å². The molecule has 0 aromatic heterocycles. The SMILES string of the molecule is CC[N+](C)(CC)CCCNc1cccc2c1C(=O)c1c(N)ccc(N)c1C2=O. The molecule has 0 saturated heterocycles. The smallest absolute Gasteiger partial charge is 0.198 e. The minimum absolute atomic E-state index is 0.216. The number of rotatable bonds is 7. The van der Waals surface area contributed by atoms with Gasteiger partial charge in [0.1, 0.15) is 0 Å². The Labute approximate surface area is 166 Å². The van der Waals surface area contributed by atoms with E-state index in [9.17, 15) is 9.59 Å². The third-order valence-corrected chi connectivity index (χ3v) is 5.98. The highest BCUT2D eigenvalue weighted by Gasteiger charge is 2.34. The van der Waals surface area contributed by atoms with E-state index in [4.69, 9.17) is 11.5 Å². The number of ketones is 2. The molecule has 0 saturated carbocycles. The second kappa shape index (κ2) is 7.64. The summed E-state index contributed by atoms with van der Waals surface area (Å²) in [7, 11) is 2.25. The largest absolute Gasteiger partial charge is 0.398 e. The lowest BCUT2D eigenvalue weighted by Crippen LogP contribution is -2.44. The van der Waals surface area contributed by atoms with E-state index in [0.29, 0.717) is 16.8 Å². The highest BCUT2D eigenvalue weighted by molar-refractivity contribution is 6.33. The van der Waals surface area contributed by atoms with Crippen LogP contribution in [0.3, 0.4) is 0 Å². The van der Waals surface area contributed by atoms with Crippen molar-refractivity contribution in [3.8, 4) is 0 Å². The lowest BCUT2D eigenvalue weighted by Gasteiger charge is -2.32. The van der Waals surface area contributed by atoms with Gasteiger partial charge in [0.2, 0.25) is 0 Å². The molecular weight excluding hydrogens is 352 g/mol. The fourth-order valence-electron chi connectivity index (χ4n) is 3.74. The van der Waals surface area contributed by atoms with Gasteiger partial charge in [-0.25, -0.2) is 0 Å². The van der Waals surface area contributed by atoms with Gasteiger partial charge in [0.05, 0.1) is 43.4 Å². The van der Waals surface area contributed by atoms with Crippen molar-refractivity contribution in [2.45, 2.75) is 20.3 Å². The average molecular weight is 382 g/mol. The zero-order valence-corrected chi connectivity index (χ0v) is 16.8. The number of nitrogen functional groups attached to an aromatic ring is 2. The lowest BCUT2D eigenvalue weighted by molar-refractivity contribution is -0.906. The Hall–Kier alpha value is -2.86. The quantitative estimate of drug-likeness (QED) is 0.332. The topological polar surface area (TPSA) is 98.2 Å². The summed E-state index contributed by atoms with van der Waals surface area (Å²) in [5.74, 6) is -0.500. The second-order valence-corrected chi connectivity index (χ2v) is 7.64. The van der Waals surface area contributed by atoms with Gasteiger partial charge in [-0.05, 0) is 32.0 Å². The number of hydrogen-bond acceptors (Lipinski definition) is 5. The van der Waals surface area contributed by atoms with Gasteiger partial charge in [0, 0.05) is 35.6 Å². The first-order chi connectivity index (χ1) is 13.3. The van der Waals surface area contributed by atoms with Crippen molar-refractivity contribution >= 4 is 28.6 Å². The first kappa shape index (κ1) is 19.9. The van der Waals surface area contributed by atoms with Crippen LogP contribution in [0.25, 0.3) is 0 Å². The molecule has 0 aliphatic heterocycles. The molecule has 0 unspecified atom stereocenters. The van der Waals surface area contributed by atoms with Crippen molar-refractivity contribution in [3.05, 3.63) is 52.6 Å². The number of anilines is 3. The van der Waals surface area contributed by atoms with E-state index in [1.165, 1.54) is 0 Å². The van der Waals surface area contributed by atoms with E-state index < -0.39 is 0 Å². The van der Waals surface area contributed by atoms with Crippen LogP contribution in [0.15, 0.2) is 30.3 Å². The van der Waals surface area contributed by atoms with E-state index in [1.54, 1.807) is 24.3 Å². The number of carbonyl (C=O) groups excluding carboxylic acids is 2. The molecule has 0 heterocycles. The van der Waals surface area contributed by atoms with Crippen molar-refractivity contribution in [1.82, 2.24) is 0 Å². The molecule has 6 nitrogen and oxygen atoms in total. The molecule has 1 aliphatic rings. The summed E-state index contributed by atoms with van der Waals surface area (Å²) in [6, 6.07) is 8.45. The maximum absolute atomic E-state index is 13.2. The first-order valence-electron chi connectivity index (χ1n) is 9.80. The van der Waals surface area contributed by atoms with Gasteiger partial charge in [-0.1, -0.05) is 12.1 Å². The van der Waals surface area contributed by atoms with Crippen molar-refractivity contribution in [3.63, 3.8) is 0 Å². The number of nitrogens with one attached hydrogen (secondary N) is 1. The predicted molar refractivity (Wildman–Crippen MR) is 114 cm³/mol. The Morgan fingerprint density at radius 3 is 2.11 bits per heavy atom. The predicted octanol–water partition coefficient (Wildman–Crippen LogP) is 2.91. The van der Waals surface area contributed by atoms with Crippen LogP contribution in [0.4, 0.5) is 17.1 Å². The standard InChI is InChI=1S/C22H28N4O2/c1-4-26(3,5-2)13-7-12-25-17-9-6-8-14-18(17)22(28)20-16(24)11-10-15(23)19(20)21(14)27/h6,8-11H,4-5,7,12-13H2,1-3H3,(H4-,23,24,25,27,28)/p+1. The third-order valence-electron chi connectivity index (χ3n) is 5.98. The minimum atomic E-state index is -0.251. The zero-order chi connectivity index (χ0) is 20.5. The first-order valence-corrected chi connectivity index (χ1v) is 9.80. The van der Waals surface area contributed by atoms with E-state index >= 15 is 0 Å². The summed E-state index contributed by atoms with van der Waals surface area (Å²) >= 11 is 0. The fraction of sp³-hybridized carbons (Fsp3) is 0.364. The summed E-state index contributed by atoms with van der Waals surface area (Å²) in [6.45, 7) is 8.34. The summed E-state index contributed by atoms with van der Waals surface area (Å²) < 4.78 is 1.01. The maximum atomic E-state index is 13.2. The summed E-state index contributed by atoms with van der Waals surface area (Å²) in [5, 5.41) is 3.35. The van der Waals surface area contributed by atoms with Crippen molar-refractivity contribution in [1.29, 1.82) is 0 Å². The van der Waals surface area contributed by atoms with Crippen LogP contribution in [0.2, 0.25) is 0 Å². The lowest BCUT2D eigenvalue weighted by atomic mass is 9.81. The van der Waals surface area contributed by atoms with Crippen LogP contribution in [0.5, 0.6) is 0 Å². The fourth-order valence-corrected chi connectivity index (χ4v) is 3.74. The highest BCUT2D eigenvalue weighted by atomic mass is 16.1. The molecular formula is C22H29N4O2+. The van der Waals surface area contributed by atoms with Crippen molar-refractivity contribution < 1.29 is 14.1 Å². The Morgan fingerprint density at radius 1 is 0.893 bits per heavy atom. The van der Waals surface area contributed by atoms with E-state index in [0.717, 1.165) is 37.1 Å². The second-order valence-electron chi connectivity index (χ2n) is 7.64. The summed E-state index contributed by atoms with van der Waals surface area (Å²) in [5.41, 5.74) is 14.4. The van der Waals surface area contributed by atoms with E-state index in [-0.39, 0.29) is 34.1 Å². The number of fused-ring (bicyclic) bond motifs is 2. The normalized spacial score (nSPS) is 13.2. The molecule has 0 bridgehead atoms. The molecule has 0 fully saturated rings. The number of nitrogens with two attached hydrogens (primary N) is 2. The third kappa shape index (κ3) is 3.36. The van der Waals surface area contributed by atoms with Crippen molar-refractivity contribution in [2.75, 3.05) is 50.0 Å². The Balaban J connectivity index is 1.88. The van der Waals surface area contributed by atoms with Gasteiger partial charge >= 0.3 is 0 Å². The molecule has 1 aliphatic carbocycles. The average Bonchev–Trinajstić information content (AvgIpc) is 2.70. The monoisotopic (exact) mass is 381 g/mol. The molecule has 0 radical (unpaired) electrons. The maximum Gasteiger partial charge on any atom is 0.198 e. The summed E-state index contributed by atoms with van der Waals surface area (Å²) in [6.07, 6.45) is 0.968. The van der Waals surface area contributed by atoms with E-state index in [2.05, 4.69) is 26.2 Å². The highest BCUT2D eigenvalue weighted by Crippen LogP contribution is 2.37. The van der Waals surface area contributed by atoms with Gasteiger partial charge < -0.3 is 21.3 Å². The molecule has 28 heavy (non-hydrogen) atoms. The molecule has 3 rings (SSSR count). The van der Waals surface area contributed by atoms with Gasteiger partial charge in [0.15, 0.2) is 11.6 Å². The van der Waals surface area contributed by atoms with Gasteiger partial charge in [-0.3, -0.25) is 9.59 Å². The van der Waals surface area contributed by atoms with Crippen LogP contribution in [-0.2, 0) is 0 Å². The van der Waals surface area contributed by atoms with Crippen LogP contribution >= 0.6 is 0 Å². The Bertz CT molecular complexity index is 932. The van der Waals surface area contributed by atoms with Gasteiger partial charge in [-0.15, -0.1) is 0 Å². The van der Waals surface area contributed by atoms with Gasteiger partial charge in [-0.2, -0.15) is 0 Å². The molecule has 2 aromatic rings. The number of quaternary nitrogens is 1. The van der Waals surface area contributed by atoms with Crippen LogP contribution in [0.1, 0.15) is 52.1 Å². The Kier molecular flexibility index (Phi) is 5.42. The molecule has 6 heteroatoms. The molecule has 2 aromatic carbocycles. The van der Waals surface area contributed by atoms with Crippen LogP contribution in [-0.4, -0.2) is 49.3 Å². The number of hydrogen-bond donors (Lipinski definition) is 3. The minimum Gasteiger partial charge on any atom is -0.398 e. The molecule has 5 N–H and O–H groups in total. The summed E-state index contributed by atoms with van der Waals surface area (Å²) in [4.78, 5) is 26.2. The van der Waals surface area contributed by atoms with Crippen molar-refractivity contribution in [2.24, 2.45) is 0 Å². The van der Waals surface area contributed by atoms with Crippen LogP contribution < -0.4 is 16.8 Å². The van der Waals surface area contributed by atoms with E-state index in [1.807, 2.05) is 6.07 Å². The number of nitrogens with zero attached hydrogens (tertiary/aromatic N) is 1. The molecule has 0 spiro atoms. The molecule has 148 valence electrons. The van der Waals surface area contributed by atoms with Crippen LogP contribution in [0, 0.1) is 0 Å².